The number of hydrazine groups is 1. The van der Waals surface area contributed by atoms with Gasteiger partial charge in [0.15, 0.2) is 0 Å². The molecule has 1 heterocycles. The van der Waals surface area contributed by atoms with E-state index in [-0.39, 0.29) is 15.3 Å². The van der Waals surface area contributed by atoms with Gasteiger partial charge in [0.05, 0.1) is 5.56 Å². The molecular weight excluding hydrogens is 350 g/mol. The van der Waals surface area contributed by atoms with Gasteiger partial charge in [-0.25, -0.2) is 13.6 Å². The molecule has 22 heavy (non-hydrogen) atoms. The number of thiophene rings is 1. The Bertz CT molecular complexity index is 832. The van der Waals surface area contributed by atoms with Gasteiger partial charge in [0.25, 0.3) is 11.8 Å². The summed E-state index contributed by atoms with van der Waals surface area (Å²) in [7, 11) is -3.86. The van der Waals surface area contributed by atoms with Crippen LogP contribution >= 0.6 is 22.9 Å². The number of halogens is 1. The fourth-order valence-corrected chi connectivity index (χ4v) is 3.25. The van der Waals surface area contributed by atoms with Crippen LogP contribution in [0, 0.1) is 0 Å². The molecule has 2 amide bonds. The second-order valence-electron chi connectivity index (χ2n) is 4.12. The van der Waals surface area contributed by atoms with Gasteiger partial charge < -0.3 is 0 Å². The minimum Gasteiger partial charge on any atom is -0.267 e. The number of sulfonamides is 1. The van der Waals surface area contributed by atoms with E-state index in [0.717, 1.165) is 17.4 Å². The molecule has 116 valence electrons. The van der Waals surface area contributed by atoms with Crippen molar-refractivity contribution >= 4 is 44.8 Å². The van der Waals surface area contributed by atoms with E-state index in [1.807, 2.05) is 0 Å². The Kier molecular flexibility index (Phi) is 4.81. The molecule has 2 aromatic rings. The first kappa shape index (κ1) is 16.4. The molecule has 4 N–H and O–H groups in total. The van der Waals surface area contributed by atoms with E-state index >= 15 is 0 Å². The van der Waals surface area contributed by atoms with E-state index in [1.165, 1.54) is 17.5 Å². The molecule has 0 saturated heterocycles. The summed E-state index contributed by atoms with van der Waals surface area (Å²) in [5.41, 5.74) is 4.71. The fourth-order valence-electron chi connectivity index (χ4n) is 1.47. The number of amides is 2. The number of rotatable bonds is 3. The first-order valence-electron chi connectivity index (χ1n) is 5.75. The monoisotopic (exact) mass is 359 g/mol. The highest BCUT2D eigenvalue weighted by Gasteiger charge is 2.16. The zero-order valence-corrected chi connectivity index (χ0v) is 13.3. The lowest BCUT2D eigenvalue weighted by Gasteiger charge is -2.06. The Hall–Kier alpha value is -1.94. The van der Waals surface area contributed by atoms with E-state index in [4.69, 9.17) is 16.7 Å². The SMILES string of the molecule is NS(=O)(=O)c1cc(C(=O)NNC(=O)c2cccc(Cl)c2)cs1. The van der Waals surface area contributed by atoms with Crippen LogP contribution in [0.5, 0.6) is 0 Å². The van der Waals surface area contributed by atoms with Crippen molar-refractivity contribution in [1.82, 2.24) is 10.9 Å². The maximum absolute atomic E-state index is 11.8. The van der Waals surface area contributed by atoms with Crippen LogP contribution in [0.1, 0.15) is 20.7 Å². The van der Waals surface area contributed by atoms with Crippen LogP contribution in [-0.4, -0.2) is 20.2 Å². The lowest BCUT2D eigenvalue weighted by atomic mass is 10.2. The Morgan fingerprint density at radius 2 is 1.73 bits per heavy atom. The highest BCUT2D eigenvalue weighted by Crippen LogP contribution is 2.18. The van der Waals surface area contributed by atoms with Crippen LogP contribution in [-0.2, 0) is 10.0 Å². The normalized spacial score (nSPS) is 11.0. The Morgan fingerprint density at radius 3 is 2.27 bits per heavy atom. The highest BCUT2D eigenvalue weighted by atomic mass is 35.5. The molecular formula is C12H10ClN3O4S2. The zero-order valence-electron chi connectivity index (χ0n) is 10.9. The second-order valence-corrected chi connectivity index (χ2v) is 7.25. The molecule has 0 aliphatic rings. The van der Waals surface area contributed by atoms with E-state index in [2.05, 4.69) is 10.9 Å². The molecule has 0 bridgehead atoms. The topological polar surface area (TPSA) is 118 Å². The standard InChI is InChI=1S/C12H10ClN3O4S2/c13-9-3-1-2-7(4-9)11(17)15-16-12(18)8-5-10(21-6-8)22(14,19)20/h1-6H,(H,15,17)(H,16,18)(H2,14,19,20). The van der Waals surface area contributed by atoms with Gasteiger partial charge in [-0.1, -0.05) is 17.7 Å². The molecule has 0 fully saturated rings. The van der Waals surface area contributed by atoms with E-state index in [0.29, 0.717) is 5.02 Å². The third-order valence-electron chi connectivity index (χ3n) is 2.49. The zero-order chi connectivity index (χ0) is 16.3. The summed E-state index contributed by atoms with van der Waals surface area (Å²) < 4.78 is 22.1. The van der Waals surface area contributed by atoms with Gasteiger partial charge in [0.1, 0.15) is 4.21 Å². The van der Waals surface area contributed by atoms with E-state index in [9.17, 15) is 18.0 Å². The van der Waals surface area contributed by atoms with Crippen molar-refractivity contribution in [3.63, 3.8) is 0 Å². The molecule has 1 aromatic carbocycles. The van der Waals surface area contributed by atoms with Gasteiger partial charge in [0.2, 0.25) is 10.0 Å². The molecule has 0 unspecified atom stereocenters. The molecule has 0 aliphatic heterocycles. The number of hydrogen-bond donors (Lipinski definition) is 3. The number of carbonyl (C=O) groups excluding carboxylic acids is 2. The van der Waals surface area contributed by atoms with Crippen LogP contribution in [0.3, 0.4) is 0 Å². The average molecular weight is 360 g/mol. The Balaban J connectivity index is 2.01. The molecule has 0 spiro atoms. The summed E-state index contributed by atoms with van der Waals surface area (Å²) in [6.45, 7) is 0. The number of nitrogens with two attached hydrogens (primary N) is 1. The minimum atomic E-state index is -3.86. The molecule has 0 aliphatic carbocycles. The van der Waals surface area contributed by atoms with Crippen molar-refractivity contribution in [1.29, 1.82) is 0 Å². The molecule has 10 heteroatoms. The molecule has 1 aromatic heterocycles. The first-order valence-corrected chi connectivity index (χ1v) is 8.55. The predicted octanol–water partition coefficient (Wildman–Crippen LogP) is 1.12. The van der Waals surface area contributed by atoms with Crippen molar-refractivity contribution in [3.8, 4) is 0 Å². The summed E-state index contributed by atoms with van der Waals surface area (Å²) in [6, 6.07) is 7.29. The molecule has 7 nitrogen and oxygen atoms in total. The van der Waals surface area contributed by atoms with Crippen molar-refractivity contribution < 1.29 is 18.0 Å². The smallest absolute Gasteiger partial charge is 0.267 e. The Labute approximate surface area is 135 Å². The maximum atomic E-state index is 11.8. The van der Waals surface area contributed by atoms with Gasteiger partial charge in [-0.2, -0.15) is 0 Å². The number of benzene rings is 1. The lowest BCUT2D eigenvalue weighted by Crippen LogP contribution is -2.41. The summed E-state index contributed by atoms with van der Waals surface area (Å²) in [4.78, 5) is 23.6. The minimum absolute atomic E-state index is 0.0698. The highest BCUT2D eigenvalue weighted by molar-refractivity contribution is 7.91. The van der Waals surface area contributed by atoms with Crippen molar-refractivity contribution in [3.05, 3.63) is 51.9 Å². The quantitative estimate of drug-likeness (QED) is 0.711. The van der Waals surface area contributed by atoms with Gasteiger partial charge in [0, 0.05) is 16.0 Å². The van der Waals surface area contributed by atoms with Crippen LogP contribution in [0.2, 0.25) is 5.02 Å². The van der Waals surface area contributed by atoms with E-state index < -0.39 is 21.8 Å². The van der Waals surface area contributed by atoms with Crippen molar-refractivity contribution in [2.24, 2.45) is 5.14 Å². The van der Waals surface area contributed by atoms with Crippen LogP contribution < -0.4 is 16.0 Å². The summed E-state index contributed by atoms with van der Waals surface area (Å²) in [5, 5.41) is 6.66. The largest absolute Gasteiger partial charge is 0.270 e. The summed E-state index contributed by atoms with van der Waals surface area (Å²) in [6.07, 6.45) is 0. The number of primary sulfonamides is 1. The molecule has 0 saturated carbocycles. The summed E-state index contributed by atoms with van der Waals surface area (Å²) in [5.74, 6) is -1.22. The van der Waals surface area contributed by atoms with Crippen molar-refractivity contribution in [2.75, 3.05) is 0 Å². The molecule has 2 rings (SSSR count). The lowest BCUT2D eigenvalue weighted by molar-refractivity contribution is 0.0847. The molecule has 0 atom stereocenters. The Morgan fingerprint density at radius 1 is 1.09 bits per heavy atom. The number of hydrogen-bond acceptors (Lipinski definition) is 5. The van der Waals surface area contributed by atoms with Crippen LogP contribution in [0.25, 0.3) is 0 Å². The third kappa shape index (κ3) is 4.04. The van der Waals surface area contributed by atoms with Gasteiger partial charge in [-0.3, -0.25) is 20.4 Å². The van der Waals surface area contributed by atoms with Crippen LogP contribution in [0.15, 0.2) is 39.9 Å². The second kappa shape index (κ2) is 6.44. The third-order valence-corrected chi connectivity index (χ3v) is 5.12. The molecule has 0 radical (unpaired) electrons. The van der Waals surface area contributed by atoms with Gasteiger partial charge >= 0.3 is 0 Å². The van der Waals surface area contributed by atoms with Crippen LogP contribution in [0.4, 0.5) is 0 Å². The fraction of sp³-hybridized carbons (Fsp3) is 0. The number of nitrogens with one attached hydrogen (secondary N) is 2. The summed E-state index contributed by atoms with van der Waals surface area (Å²) >= 11 is 6.57. The first-order chi connectivity index (χ1) is 10.3. The van der Waals surface area contributed by atoms with Crippen molar-refractivity contribution in [2.45, 2.75) is 4.21 Å². The number of carbonyl (C=O) groups is 2. The predicted molar refractivity (Wildman–Crippen MR) is 82.1 cm³/mol. The average Bonchev–Trinajstić information content (AvgIpc) is 2.94. The van der Waals surface area contributed by atoms with Gasteiger partial charge in [-0.05, 0) is 24.3 Å². The van der Waals surface area contributed by atoms with Gasteiger partial charge in [-0.15, -0.1) is 11.3 Å². The maximum Gasteiger partial charge on any atom is 0.270 e. The van der Waals surface area contributed by atoms with E-state index in [1.54, 1.807) is 12.1 Å².